The SMILES string of the molecule is COCCC1CCC2(c3ccc(CCC(C)(C)C)c(Cl)c3)NC(O)N(CCC(=O)O)C=C12. The molecule has 0 saturated heterocycles. The number of nitrogens with one attached hydrogen (secondary N) is 1. The Hall–Kier alpha value is -1.60. The molecule has 1 aromatic rings. The van der Waals surface area contributed by atoms with Crippen molar-refractivity contribution in [3.8, 4) is 0 Å². The number of carboxylic acids is 1. The van der Waals surface area contributed by atoms with Crippen LogP contribution in [0.15, 0.2) is 30.0 Å². The Kier molecular flexibility index (Phi) is 7.92. The molecule has 6 nitrogen and oxygen atoms in total. The summed E-state index contributed by atoms with van der Waals surface area (Å²) >= 11 is 6.73. The summed E-state index contributed by atoms with van der Waals surface area (Å²) in [6.07, 6.45) is 5.64. The van der Waals surface area contributed by atoms with Gasteiger partial charge in [-0.25, -0.2) is 0 Å². The van der Waals surface area contributed by atoms with Crippen LogP contribution in [-0.4, -0.2) is 47.7 Å². The number of hydrogen-bond acceptors (Lipinski definition) is 5. The number of fused-ring (bicyclic) bond motifs is 1. The Balaban J connectivity index is 1.93. The zero-order valence-electron chi connectivity index (χ0n) is 19.7. The number of aliphatic hydroxyl groups is 1. The van der Waals surface area contributed by atoms with Crippen molar-refractivity contribution >= 4 is 17.6 Å². The molecule has 1 aliphatic carbocycles. The molecule has 0 bridgehead atoms. The second-order valence-electron chi connectivity index (χ2n) is 10.3. The van der Waals surface area contributed by atoms with Gasteiger partial charge in [0, 0.05) is 31.5 Å². The highest BCUT2D eigenvalue weighted by molar-refractivity contribution is 6.31. The van der Waals surface area contributed by atoms with Gasteiger partial charge >= 0.3 is 5.97 Å². The Morgan fingerprint density at radius 1 is 1.38 bits per heavy atom. The van der Waals surface area contributed by atoms with E-state index in [1.165, 1.54) is 5.57 Å². The van der Waals surface area contributed by atoms with Crippen LogP contribution in [0, 0.1) is 11.3 Å². The summed E-state index contributed by atoms with van der Waals surface area (Å²) < 4.78 is 5.33. The molecule has 178 valence electrons. The summed E-state index contributed by atoms with van der Waals surface area (Å²) in [5.41, 5.74) is 3.09. The van der Waals surface area contributed by atoms with Gasteiger partial charge in [0.15, 0.2) is 6.35 Å². The first kappa shape index (κ1) is 25.0. The van der Waals surface area contributed by atoms with Crippen LogP contribution in [0.25, 0.3) is 0 Å². The van der Waals surface area contributed by atoms with Crippen molar-refractivity contribution in [2.24, 2.45) is 11.3 Å². The summed E-state index contributed by atoms with van der Waals surface area (Å²) in [5, 5.41) is 24.1. The van der Waals surface area contributed by atoms with Gasteiger partial charge in [0.1, 0.15) is 0 Å². The quantitative estimate of drug-likeness (QED) is 0.499. The van der Waals surface area contributed by atoms with Crippen LogP contribution in [0.2, 0.25) is 5.02 Å². The molecule has 1 aromatic carbocycles. The molecule has 0 radical (unpaired) electrons. The minimum atomic E-state index is -0.960. The lowest BCUT2D eigenvalue weighted by molar-refractivity contribution is -0.138. The Bertz CT molecular complexity index is 851. The van der Waals surface area contributed by atoms with E-state index in [0.29, 0.717) is 12.5 Å². The maximum Gasteiger partial charge on any atom is 0.305 e. The number of benzene rings is 1. The summed E-state index contributed by atoms with van der Waals surface area (Å²) in [5.74, 6) is -0.589. The Labute approximate surface area is 196 Å². The van der Waals surface area contributed by atoms with Gasteiger partial charge in [-0.2, -0.15) is 0 Å². The van der Waals surface area contributed by atoms with Gasteiger partial charge in [0.05, 0.1) is 12.0 Å². The van der Waals surface area contributed by atoms with Crippen LogP contribution in [0.5, 0.6) is 0 Å². The third-order valence-corrected chi connectivity index (χ3v) is 7.09. The van der Waals surface area contributed by atoms with E-state index in [-0.39, 0.29) is 18.4 Å². The number of halogens is 1. The number of carbonyl (C=O) groups is 1. The molecule has 3 atom stereocenters. The van der Waals surface area contributed by atoms with Gasteiger partial charge in [0.25, 0.3) is 0 Å². The standard InChI is InChI=1S/C25H37ClN2O4/c1-24(2,3)11-7-18-5-6-19(15-21(18)26)25-12-8-17(10-14-32-4)20(25)16-28(23(31)27-25)13-9-22(29)30/h5-6,15-17,23,27,31H,7-14H2,1-4H3,(H,29,30). The molecule has 1 aliphatic heterocycles. The first-order chi connectivity index (χ1) is 15.1. The van der Waals surface area contributed by atoms with Crippen molar-refractivity contribution in [2.45, 2.75) is 71.2 Å². The monoisotopic (exact) mass is 464 g/mol. The number of rotatable bonds is 9. The second kappa shape index (κ2) is 10.1. The second-order valence-corrected chi connectivity index (χ2v) is 10.7. The van der Waals surface area contributed by atoms with Gasteiger partial charge in [-0.1, -0.05) is 44.5 Å². The smallest absolute Gasteiger partial charge is 0.305 e. The topological polar surface area (TPSA) is 82.0 Å². The predicted molar refractivity (Wildman–Crippen MR) is 126 cm³/mol. The van der Waals surface area contributed by atoms with E-state index in [1.54, 1.807) is 12.0 Å². The van der Waals surface area contributed by atoms with E-state index >= 15 is 0 Å². The average molecular weight is 465 g/mol. The molecular formula is C25H37ClN2O4. The van der Waals surface area contributed by atoms with E-state index in [9.17, 15) is 9.90 Å². The van der Waals surface area contributed by atoms with Crippen molar-refractivity contribution in [3.05, 3.63) is 46.1 Å². The highest BCUT2D eigenvalue weighted by atomic mass is 35.5. The molecule has 3 unspecified atom stereocenters. The van der Waals surface area contributed by atoms with E-state index < -0.39 is 17.9 Å². The average Bonchev–Trinajstić information content (AvgIpc) is 3.07. The van der Waals surface area contributed by atoms with Crippen molar-refractivity contribution in [1.29, 1.82) is 0 Å². The molecule has 2 aliphatic rings. The number of hydrogen-bond donors (Lipinski definition) is 3. The molecule has 3 rings (SSSR count). The minimum Gasteiger partial charge on any atom is -0.481 e. The molecule has 0 aromatic heterocycles. The molecular weight excluding hydrogens is 428 g/mol. The third-order valence-electron chi connectivity index (χ3n) is 6.74. The minimum absolute atomic E-state index is 0.0352. The zero-order chi connectivity index (χ0) is 23.5. The van der Waals surface area contributed by atoms with E-state index in [4.69, 9.17) is 21.4 Å². The fourth-order valence-electron chi connectivity index (χ4n) is 4.85. The van der Waals surface area contributed by atoms with E-state index in [2.05, 4.69) is 38.2 Å². The number of aliphatic carboxylic acids is 1. The molecule has 1 saturated carbocycles. The molecule has 3 N–H and O–H groups in total. The fourth-order valence-corrected chi connectivity index (χ4v) is 5.13. The normalized spacial score (nSPS) is 25.6. The number of ether oxygens (including phenoxy) is 1. The summed E-state index contributed by atoms with van der Waals surface area (Å²) in [6, 6.07) is 6.28. The Morgan fingerprint density at radius 2 is 2.12 bits per heavy atom. The number of aliphatic hydroxyl groups excluding tert-OH is 1. The summed E-state index contributed by atoms with van der Waals surface area (Å²) in [4.78, 5) is 12.8. The highest BCUT2D eigenvalue weighted by Crippen LogP contribution is 2.50. The van der Waals surface area contributed by atoms with Gasteiger partial charge in [0.2, 0.25) is 0 Å². The number of carboxylic acid groups (broad SMARTS) is 1. The van der Waals surface area contributed by atoms with Crippen molar-refractivity contribution in [2.75, 3.05) is 20.3 Å². The number of aryl methyl sites for hydroxylation is 1. The fraction of sp³-hybridized carbons (Fsp3) is 0.640. The van der Waals surface area contributed by atoms with Crippen LogP contribution in [-0.2, 0) is 21.5 Å². The lowest BCUT2D eigenvalue weighted by Gasteiger charge is -2.44. The van der Waals surface area contributed by atoms with Gasteiger partial charge in [-0.15, -0.1) is 0 Å². The van der Waals surface area contributed by atoms with Crippen LogP contribution >= 0.6 is 11.6 Å². The largest absolute Gasteiger partial charge is 0.481 e. The van der Waals surface area contributed by atoms with Gasteiger partial charge < -0.3 is 19.8 Å². The number of nitrogens with zero attached hydrogens (tertiary/aromatic N) is 1. The molecule has 0 amide bonds. The van der Waals surface area contributed by atoms with E-state index in [0.717, 1.165) is 48.3 Å². The predicted octanol–water partition coefficient (Wildman–Crippen LogP) is 4.50. The van der Waals surface area contributed by atoms with Crippen molar-refractivity contribution in [1.82, 2.24) is 10.2 Å². The maximum atomic E-state index is 11.1. The van der Waals surface area contributed by atoms with Crippen LogP contribution in [0.3, 0.4) is 0 Å². The van der Waals surface area contributed by atoms with Gasteiger partial charge in [-0.3, -0.25) is 10.1 Å². The van der Waals surface area contributed by atoms with Crippen LogP contribution in [0.4, 0.5) is 0 Å². The van der Waals surface area contributed by atoms with Crippen LogP contribution in [0.1, 0.15) is 64.0 Å². The van der Waals surface area contributed by atoms with Gasteiger partial charge in [-0.05, 0) is 66.2 Å². The summed E-state index contributed by atoms with van der Waals surface area (Å²) in [7, 11) is 1.70. The Morgan fingerprint density at radius 3 is 2.75 bits per heavy atom. The maximum absolute atomic E-state index is 11.1. The first-order valence-corrected chi connectivity index (χ1v) is 11.9. The lowest BCUT2D eigenvalue weighted by atomic mass is 9.80. The van der Waals surface area contributed by atoms with E-state index in [1.807, 2.05) is 12.3 Å². The molecule has 7 heteroatoms. The first-order valence-electron chi connectivity index (χ1n) is 11.5. The number of methoxy groups -OCH3 is 1. The third kappa shape index (κ3) is 5.66. The van der Waals surface area contributed by atoms with Crippen LogP contribution < -0.4 is 5.32 Å². The molecule has 1 heterocycles. The highest BCUT2D eigenvalue weighted by Gasteiger charge is 2.49. The molecule has 1 fully saturated rings. The summed E-state index contributed by atoms with van der Waals surface area (Å²) in [6.45, 7) is 7.59. The zero-order valence-corrected chi connectivity index (χ0v) is 20.4. The molecule has 32 heavy (non-hydrogen) atoms. The molecule has 0 spiro atoms. The lowest BCUT2D eigenvalue weighted by Crippen LogP contribution is -2.57. The van der Waals surface area contributed by atoms with Crippen molar-refractivity contribution in [3.63, 3.8) is 0 Å². The van der Waals surface area contributed by atoms with Crippen molar-refractivity contribution < 1.29 is 19.7 Å².